The molecular formula is C18H27N3O. The number of unbranched alkanes of at least 4 members (excludes halogenated alkanes) is 1. The van der Waals surface area contributed by atoms with E-state index in [1.807, 2.05) is 6.20 Å². The zero-order valence-corrected chi connectivity index (χ0v) is 13.7. The van der Waals surface area contributed by atoms with Gasteiger partial charge in [0, 0.05) is 17.0 Å². The maximum atomic E-state index is 6.27. The number of nitrogens with one attached hydrogen (secondary N) is 2. The van der Waals surface area contributed by atoms with Gasteiger partial charge in [-0.2, -0.15) is 5.10 Å². The molecule has 2 N–H and O–H groups in total. The lowest BCUT2D eigenvalue weighted by molar-refractivity contribution is 0.139. The van der Waals surface area contributed by atoms with Gasteiger partial charge in [-0.1, -0.05) is 13.3 Å². The molecule has 0 unspecified atom stereocenters. The van der Waals surface area contributed by atoms with E-state index in [2.05, 4.69) is 41.5 Å². The Balaban J connectivity index is 1.54. The summed E-state index contributed by atoms with van der Waals surface area (Å²) >= 11 is 0. The van der Waals surface area contributed by atoms with Crippen molar-refractivity contribution in [1.29, 1.82) is 0 Å². The summed E-state index contributed by atoms with van der Waals surface area (Å²) in [6, 6.07) is 4.81. The predicted octanol–water partition coefficient (Wildman–Crippen LogP) is 3.95. The molecule has 22 heavy (non-hydrogen) atoms. The number of nitrogens with zero attached hydrogens (tertiary/aromatic N) is 1. The highest BCUT2D eigenvalue weighted by Gasteiger charge is 2.22. The van der Waals surface area contributed by atoms with Gasteiger partial charge in [0.15, 0.2) is 0 Å². The molecule has 1 aromatic heterocycles. The van der Waals surface area contributed by atoms with Crippen LogP contribution in [0, 0.1) is 6.92 Å². The zero-order chi connectivity index (χ0) is 15.4. The van der Waals surface area contributed by atoms with Crippen LogP contribution in [0.5, 0.6) is 5.75 Å². The molecule has 0 spiro atoms. The van der Waals surface area contributed by atoms with Crippen LogP contribution in [0.1, 0.15) is 51.0 Å². The molecule has 1 aliphatic rings. The summed E-state index contributed by atoms with van der Waals surface area (Å²) in [5.74, 6) is 1.01. The average molecular weight is 301 g/mol. The van der Waals surface area contributed by atoms with Crippen LogP contribution in [0.25, 0.3) is 10.9 Å². The third kappa shape index (κ3) is 3.43. The molecule has 0 saturated heterocycles. The maximum absolute atomic E-state index is 6.27. The molecule has 1 aliphatic carbocycles. The first-order chi connectivity index (χ1) is 10.8. The van der Waals surface area contributed by atoms with Crippen LogP contribution in [-0.4, -0.2) is 28.9 Å². The second kappa shape index (κ2) is 7.14. The lowest BCUT2D eigenvalue weighted by Gasteiger charge is -2.30. The number of aromatic nitrogens is 2. The molecular weight excluding hydrogens is 274 g/mol. The number of hydrogen-bond acceptors (Lipinski definition) is 3. The SMILES string of the molecule is CCCCN[C@H]1CC[C@@H](Oc2ccc3[nH]ncc3c2C)CC1. The van der Waals surface area contributed by atoms with E-state index in [0.717, 1.165) is 36.0 Å². The van der Waals surface area contributed by atoms with Crippen LogP contribution in [0.3, 0.4) is 0 Å². The van der Waals surface area contributed by atoms with Crippen LogP contribution in [0.2, 0.25) is 0 Å². The summed E-state index contributed by atoms with van der Waals surface area (Å²) < 4.78 is 6.27. The van der Waals surface area contributed by atoms with Crippen molar-refractivity contribution < 1.29 is 4.74 Å². The third-order valence-corrected chi connectivity index (χ3v) is 4.77. The number of benzene rings is 1. The van der Waals surface area contributed by atoms with E-state index >= 15 is 0 Å². The Hall–Kier alpha value is -1.55. The lowest BCUT2D eigenvalue weighted by Crippen LogP contribution is -2.36. The molecule has 0 amide bonds. The molecule has 0 aliphatic heterocycles. The summed E-state index contributed by atoms with van der Waals surface area (Å²) in [7, 11) is 0. The van der Waals surface area contributed by atoms with Crippen LogP contribution in [0.4, 0.5) is 0 Å². The van der Waals surface area contributed by atoms with Crippen molar-refractivity contribution in [3.63, 3.8) is 0 Å². The number of aromatic amines is 1. The average Bonchev–Trinajstić information content (AvgIpc) is 3.01. The number of hydrogen-bond donors (Lipinski definition) is 2. The summed E-state index contributed by atoms with van der Waals surface area (Å²) in [5.41, 5.74) is 2.27. The monoisotopic (exact) mass is 301 g/mol. The van der Waals surface area contributed by atoms with Gasteiger partial charge in [0.05, 0.1) is 17.8 Å². The molecule has 1 aromatic carbocycles. The van der Waals surface area contributed by atoms with E-state index in [1.165, 1.54) is 31.2 Å². The van der Waals surface area contributed by atoms with Gasteiger partial charge in [-0.3, -0.25) is 5.10 Å². The molecule has 4 nitrogen and oxygen atoms in total. The van der Waals surface area contributed by atoms with E-state index in [-0.39, 0.29) is 0 Å². The van der Waals surface area contributed by atoms with Gasteiger partial charge in [-0.15, -0.1) is 0 Å². The van der Waals surface area contributed by atoms with Crippen molar-refractivity contribution in [3.05, 3.63) is 23.9 Å². The fourth-order valence-corrected chi connectivity index (χ4v) is 3.31. The highest BCUT2D eigenvalue weighted by Crippen LogP contribution is 2.29. The zero-order valence-electron chi connectivity index (χ0n) is 13.7. The molecule has 0 radical (unpaired) electrons. The van der Waals surface area contributed by atoms with E-state index in [1.54, 1.807) is 0 Å². The minimum Gasteiger partial charge on any atom is -0.490 e. The lowest BCUT2D eigenvalue weighted by atomic mass is 9.92. The Bertz CT molecular complexity index is 599. The van der Waals surface area contributed by atoms with Gasteiger partial charge < -0.3 is 10.1 Å². The second-order valence-electron chi connectivity index (χ2n) is 6.42. The van der Waals surface area contributed by atoms with Gasteiger partial charge in [-0.05, 0) is 57.7 Å². The summed E-state index contributed by atoms with van der Waals surface area (Å²) in [4.78, 5) is 0. The van der Waals surface area contributed by atoms with E-state index in [9.17, 15) is 0 Å². The third-order valence-electron chi connectivity index (χ3n) is 4.77. The largest absolute Gasteiger partial charge is 0.490 e. The van der Waals surface area contributed by atoms with Crippen LogP contribution >= 0.6 is 0 Å². The molecule has 1 saturated carbocycles. The Kier molecular flexibility index (Phi) is 4.98. The summed E-state index contributed by atoms with van der Waals surface area (Å²) in [6.07, 6.45) is 9.52. The Labute approximate surface area is 132 Å². The quantitative estimate of drug-likeness (QED) is 0.794. The number of H-pyrrole nitrogens is 1. The van der Waals surface area contributed by atoms with Crippen LogP contribution < -0.4 is 10.1 Å². The first kappa shape index (κ1) is 15.3. The fourth-order valence-electron chi connectivity index (χ4n) is 3.31. The fraction of sp³-hybridized carbons (Fsp3) is 0.611. The minimum atomic E-state index is 0.354. The molecule has 120 valence electrons. The molecule has 1 fully saturated rings. The predicted molar refractivity (Wildman–Crippen MR) is 90.4 cm³/mol. The van der Waals surface area contributed by atoms with Crippen molar-refractivity contribution in [3.8, 4) is 5.75 Å². The Morgan fingerprint density at radius 2 is 2.09 bits per heavy atom. The Morgan fingerprint density at radius 3 is 2.86 bits per heavy atom. The maximum Gasteiger partial charge on any atom is 0.123 e. The van der Waals surface area contributed by atoms with E-state index in [4.69, 9.17) is 4.74 Å². The van der Waals surface area contributed by atoms with E-state index < -0.39 is 0 Å². The topological polar surface area (TPSA) is 49.9 Å². The standard InChI is InChI=1S/C18H27N3O/c1-3-4-11-19-14-5-7-15(8-6-14)22-18-10-9-17-16(13(18)2)12-20-21-17/h9-10,12,14-15,19H,3-8,11H2,1-2H3,(H,20,21)/t14-,15+. The molecule has 0 bridgehead atoms. The van der Waals surface area contributed by atoms with Gasteiger partial charge in [-0.25, -0.2) is 0 Å². The second-order valence-corrected chi connectivity index (χ2v) is 6.42. The molecule has 2 aromatic rings. The van der Waals surface area contributed by atoms with Gasteiger partial charge in [0.2, 0.25) is 0 Å². The van der Waals surface area contributed by atoms with E-state index in [0.29, 0.717) is 12.1 Å². The normalized spacial score (nSPS) is 22.1. The number of aryl methyl sites for hydroxylation is 1. The summed E-state index contributed by atoms with van der Waals surface area (Å²) in [5, 5.41) is 11.9. The van der Waals surface area contributed by atoms with Gasteiger partial charge in [0.1, 0.15) is 5.75 Å². The minimum absolute atomic E-state index is 0.354. The van der Waals surface area contributed by atoms with Crippen LogP contribution in [-0.2, 0) is 0 Å². The van der Waals surface area contributed by atoms with Crippen LogP contribution in [0.15, 0.2) is 18.3 Å². The smallest absolute Gasteiger partial charge is 0.123 e. The van der Waals surface area contributed by atoms with Crippen molar-refractivity contribution in [2.45, 2.75) is 64.5 Å². The number of ether oxygens (including phenoxy) is 1. The van der Waals surface area contributed by atoms with Gasteiger partial charge in [0.25, 0.3) is 0 Å². The Morgan fingerprint density at radius 1 is 1.27 bits per heavy atom. The van der Waals surface area contributed by atoms with Crippen molar-refractivity contribution in [1.82, 2.24) is 15.5 Å². The molecule has 0 atom stereocenters. The summed E-state index contributed by atoms with van der Waals surface area (Å²) in [6.45, 7) is 5.51. The van der Waals surface area contributed by atoms with Crippen molar-refractivity contribution in [2.24, 2.45) is 0 Å². The molecule has 3 rings (SSSR count). The first-order valence-electron chi connectivity index (χ1n) is 8.60. The number of rotatable bonds is 6. The molecule has 4 heteroatoms. The van der Waals surface area contributed by atoms with Crippen molar-refractivity contribution in [2.75, 3.05) is 6.54 Å². The van der Waals surface area contributed by atoms with Crippen molar-refractivity contribution >= 4 is 10.9 Å². The highest BCUT2D eigenvalue weighted by atomic mass is 16.5. The highest BCUT2D eigenvalue weighted by molar-refractivity contribution is 5.83. The first-order valence-corrected chi connectivity index (χ1v) is 8.60. The van der Waals surface area contributed by atoms with Gasteiger partial charge >= 0.3 is 0 Å². The molecule has 1 heterocycles. The number of fused-ring (bicyclic) bond motifs is 1.